The van der Waals surface area contributed by atoms with Gasteiger partial charge in [0.2, 0.25) is 0 Å². The summed E-state index contributed by atoms with van der Waals surface area (Å²) >= 11 is 0. The lowest BCUT2D eigenvalue weighted by atomic mass is 9.80. The summed E-state index contributed by atoms with van der Waals surface area (Å²) in [5.74, 6) is 1.29. The van der Waals surface area contributed by atoms with Crippen molar-refractivity contribution in [2.75, 3.05) is 40.4 Å². The smallest absolute Gasteiger partial charge is 0.347 e. The molecule has 1 aromatic heterocycles. The third kappa shape index (κ3) is 10.3. The lowest BCUT2D eigenvalue weighted by Gasteiger charge is -2.39. The van der Waals surface area contributed by atoms with E-state index in [1.165, 1.54) is 10.8 Å². The van der Waals surface area contributed by atoms with Crippen LogP contribution in [0.4, 0.5) is 0 Å². The normalized spacial score (nSPS) is 18.9. The maximum Gasteiger partial charge on any atom is 0.347 e. The minimum absolute atomic E-state index is 0.00333. The summed E-state index contributed by atoms with van der Waals surface area (Å²) < 4.78 is 47.2. The van der Waals surface area contributed by atoms with E-state index in [9.17, 15) is 19.7 Å². The third-order valence-electron chi connectivity index (χ3n) is 10.3. The molecule has 5 atom stereocenters. The molecule has 0 radical (unpaired) electrons. The molecule has 2 N–H and O–H groups in total. The fourth-order valence-electron chi connectivity index (χ4n) is 7.66. The van der Waals surface area contributed by atoms with Crippen LogP contribution < -0.4 is 20.7 Å². The van der Waals surface area contributed by atoms with Crippen LogP contribution in [-0.2, 0) is 29.1 Å². The van der Waals surface area contributed by atoms with Crippen LogP contribution in [0.1, 0.15) is 69.0 Å². The van der Waals surface area contributed by atoms with E-state index in [0.29, 0.717) is 11.5 Å². The molecule has 0 amide bonds. The molecule has 60 heavy (non-hydrogen) atoms. The summed E-state index contributed by atoms with van der Waals surface area (Å²) in [6.07, 6.45) is -3.08. The minimum Gasteiger partial charge on any atom is -0.497 e. The van der Waals surface area contributed by atoms with Crippen LogP contribution in [0.3, 0.4) is 0 Å². The molecule has 0 saturated carbocycles. The number of aryl methyl sites for hydroxylation is 1. The molecule has 2 heterocycles. The number of ether oxygens (including phenoxy) is 6. The number of aromatic nitrogens is 2. The minimum atomic E-state index is -3.65. The fraction of sp³-hybridized carbons (Fsp3) is 0.455. The zero-order chi connectivity index (χ0) is 43.5. The number of rotatable bonds is 21. The number of nitrogens with zero attached hydrogens (tertiary/aromatic N) is 4. The summed E-state index contributed by atoms with van der Waals surface area (Å²) in [4.78, 5) is 41.2. The van der Waals surface area contributed by atoms with E-state index < -0.39 is 49.3 Å². The second-order valence-electron chi connectivity index (χ2n) is 14.9. The molecular formula is C44H55N5O10P+. The number of H-pyrrole nitrogens is 1. The lowest BCUT2D eigenvalue weighted by Crippen LogP contribution is -2.46. The molecule has 0 spiro atoms. The number of hydrogen-bond donors (Lipinski definition) is 2. The monoisotopic (exact) mass is 844 g/mol. The van der Waals surface area contributed by atoms with Gasteiger partial charge in [-0.25, -0.2) is 9.69 Å². The van der Waals surface area contributed by atoms with Gasteiger partial charge >= 0.3 is 13.6 Å². The fourth-order valence-corrected chi connectivity index (χ4v) is 10.6. The van der Waals surface area contributed by atoms with Crippen LogP contribution in [0, 0.1) is 29.6 Å². The van der Waals surface area contributed by atoms with E-state index in [2.05, 4.69) is 11.1 Å². The number of aromatic amines is 1. The standard InChI is InChI=1S/C44H54N5O10P/c1-30(2)49(31(3)4)60(52,26-12-24-46)59-39-38(58-42(40(39)56-29-55-25-11-23-45)48-27-32(5)41(50)47-43(48)51)28-57-44(33-13-9-8-10-14-33,34-15-19-36(53-6)20-16-34)35-17-21-37(54-7)22-18-35/h8-10,13-22,27,30-31,38-40,42,52H,11-12,25-26,28-29H2,1-7H3/p+1/t38-,39-,40-,42-,60?/m1/s1. The van der Waals surface area contributed by atoms with Crippen LogP contribution in [0.5, 0.6) is 11.5 Å². The highest BCUT2D eigenvalue weighted by Gasteiger charge is 2.58. The summed E-state index contributed by atoms with van der Waals surface area (Å²) in [5, 5.41) is 18.9. The Bertz CT molecular complexity index is 2130. The van der Waals surface area contributed by atoms with Crippen molar-refractivity contribution >= 4 is 7.87 Å². The van der Waals surface area contributed by atoms with Crippen molar-refractivity contribution in [2.45, 2.75) is 89.7 Å². The van der Waals surface area contributed by atoms with Crippen molar-refractivity contribution in [1.29, 1.82) is 10.5 Å². The van der Waals surface area contributed by atoms with Crippen LogP contribution in [0.15, 0.2) is 94.6 Å². The second-order valence-corrected chi connectivity index (χ2v) is 17.3. The lowest BCUT2D eigenvalue weighted by molar-refractivity contribution is -0.138. The molecule has 0 bridgehead atoms. The number of methoxy groups -OCH3 is 2. The Kier molecular flexibility index (Phi) is 16.2. The predicted molar refractivity (Wildman–Crippen MR) is 225 cm³/mol. The molecule has 1 unspecified atom stereocenters. The van der Waals surface area contributed by atoms with Gasteiger partial charge in [0.15, 0.2) is 12.3 Å². The zero-order valence-electron chi connectivity index (χ0n) is 35.1. The van der Waals surface area contributed by atoms with Crippen LogP contribution >= 0.6 is 7.87 Å². The zero-order valence-corrected chi connectivity index (χ0v) is 36.0. The Labute approximate surface area is 351 Å². The van der Waals surface area contributed by atoms with Crippen molar-refractivity contribution < 1.29 is 37.8 Å². The summed E-state index contributed by atoms with van der Waals surface area (Å²) in [7, 11) is -0.461. The van der Waals surface area contributed by atoms with Gasteiger partial charge in [0.1, 0.15) is 42.3 Å². The Morgan fingerprint density at radius 3 is 1.97 bits per heavy atom. The molecule has 4 aromatic rings. The van der Waals surface area contributed by atoms with E-state index in [0.717, 1.165) is 16.7 Å². The van der Waals surface area contributed by atoms with Crippen LogP contribution in [0.25, 0.3) is 0 Å². The first-order valence-corrected chi connectivity index (χ1v) is 21.6. The molecule has 320 valence electrons. The van der Waals surface area contributed by atoms with Gasteiger partial charge in [-0.05, 0) is 75.6 Å². The molecule has 5 rings (SSSR count). The summed E-state index contributed by atoms with van der Waals surface area (Å²) in [6.45, 7) is 8.87. The van der Waals surface area contributed by atoms with E-state index >= 15 is 0 Å². The molecule has 3 aromatic carbocycles. The van der Waals surface area contributed by atoms with Gasteiger partial charge in [0.25, 0.3) is 5.56 Å². The van der Waals surface area contributed by atoms with E-state index in [1.54, 1.807) is 21.1 Å². The van der Waals surface area contributed by atoms with Gasteiger partial charge in [-0.2, -0.15) is 15.0 Å². The number of benzene rings is 3. The van der Waals surface area contributed by atoms with Gasteiger partial charge in [-0.15, -0.1) is 4.67 Å². The van der Waals surface area contributed by atoms with Crippen molar-refractivity contribution in [3.8, 4) is 23.6 Å². The van der Waals surface area contributed by atoms with E-state index in [-0.39, 0.29) is 56.7 Å². The maximum absolute atomic E-state index is 13.6. The topological polar surface area (TPSA) is 191 Å². The van der Waals surface area contributed by atoms with Crippen molar-refractivity contribution in [3.63, 3.8) is 0 Å². The molecule has 1 aliphatic rings. The highest BCUT2D eigenvalue weighted by Crippen LogP contribution is 2.64. The van der Waals surface area contributed by atoms with Crippen molar-refractivity contribution in [2.24, 2.45) is 0 Å². The van der Waals surface area contributed by atoms with Crippen molar-refractivity contribution in [1.82, 2.24) is 14.2 Å². The van der Waals surface area contributed by atoms with Gasteiger partial charge < -0.3 is 28.4 Å². The van der Waals surface area contributed by atoms with E-state index in [4.69, 9.17) is 38.2 Å². The van der Waals surface area contributed by atoms with E-state index in [1.807, 2.05) is 117 Å². The molecule has 1 fully saturated rings. The summed E-state index contributed by atoms with van der Waals surface area (Å²) in [5.41, 5.74) is -0.0871. The molecule has 1 aliphatic heterocycles. The largest absolute Gasteiger partial charge is 0.497 e. The van der Waals surface area contributed by atoms with Crippen molar-refractivity contribution in [3.05, 3.63) is 128 Å². The van der Waals surface area contributed by atoms with Gasteiger partial charge in [0.05, 0.1) is 52.4 Å². The molecule has 0 aliphatic carbocycles. The Morgan fingerprint density at radius 2 is 1.43 bits per heavy atom. The highest BCUT2D eigenvalue weighted by atomic mass is 31.2. The second kappa shape index (κ2) is 21.0. The first kappa shape index (κ1) is 46.1. The average molecular weight is 845 g/mol. The Hall–Kier alpha value is -4.93. The van der Waals surface area contributed by atoms with Gasteiger partial charge in [-0.3, -0.25) is 14.3 Å². The Morgan fingerprint density at radius 1 is 0.867 bits per heavy atom. The molecule has 1 saturated heterocycles. The predicted octanol–water partition coefficient (Wildman–Crippen LogP) is 6.21. The number of nitrogens with one attached hydrogen (secondary N) is 1. The SMILES string of the molecule is COc1ccc(C(OC[C@H]2O[C@@H](n3cc(C)c(=O)[nH]c3=O)[C@H](OCOCCC#N)[C@@H]2O[P+](O)(CCC#N)N(C(C)C)C(C)C)(c2ccccc2)c2ccc(OC)cc2)cc1. The maximum atomic E-state index is 13.6. The average Bonchev–Trinajstić information content (AvgIpc) is 3.57. The quantitative estimate of drug-likeness (QED) is 0.0417. The molecule has 16 heteroatoms. The molecular weight excluding hydrogens is 789 g/mol. The summed E-state index contributed by atoms with van der Waals surface area (Å²) in [6, 6.07) is 28.5. The van der Waals surface area contributed by atoms with Gasteiger partial charge in [-0.1, -0.05) is 54.6 Å². The third-order valence-corrected chi connectivity index (χ3v) is 13.3. The van der Waals surface area contributed by atoms with Crippen LogP contribution in [-0.4, -0.2) is 89.9 Å². The molecule has 15 nitrogen and oxygen atoms in total. The first-order valence-electron chi connectivity index (χ1n) is 19.8. The number of hydrogen-bond acceptors (Lipinski definition) is 13. The Balaban J connectivity index is 1.71. The number of nitriles is 2. The first-order chi connectivity index (χ1) is 28.8. The van der Waals surface area contributed by atoms with Crippen LogP contribution in [0.2, 0.25) is 0 Å². The highest BCUT2D eigenvalue weighted by molar-refractivity contribution is 7.63. The van der Waals surface area contributed by atoms with Gasteiger partial charge in [0, 0.05) is 23.8 Å².